The molecule has 0 bridgehead atoms. The van der Waals surface area contributed by atoms with Crippen molar-refractivity contribution in [3.8, 4) is 5.75 Å². The van der Waals surface area contributed by atoms with E-state index in [0.29, 0.717) is 13.1 Å². The van der Waals surface area contributed by atoms with Gasteiger partial charge in [0, 0.05) is 20.1 Å². The van der Waals surface area contributed by atoms with E-state index in [4.69, 9.17) is 1.37 Å². The molecule has 1 aromatic rings. The smallest absolute Gasteiger partial charge is 0.406 e. The van der Waals surface area contributed by atoms with Crippen molar-refractivity contribution in [2.75, 3.05) is 18.0 Å². The summed E-state index contributed by atoms with van der Waals surface area (Å²) < 4.78 is 46.7. The molecule has 0 atom stereocenters. The van der Waals surface area contributed by atoms with Gasteiger partial charge < -0.3 is 9.64 Å². The van der Waals surface area contributed by atoms with Crippen molar-refractivity contribution < 1.29 is 19.3 Å². The van der Waals surface area contributed by atoms with E-state index in [1.165, 1.54) is 12.1 Å². The minimum Gasteiger partial charge on any atom is -0.406 e. The zero-order valence-corrected chi connectivity index (χ0v) is 7.79. The second-order valence-corrected chi connectivity index (χ2v) is 3.24. The minimum atomic E-state index is -4.65. The first-order valence-electron chi connectivity index (χ1n) is 5.05. The van der Waals surface area contributed by atoms with E-state index in [9.17, 15) is 13.2 Å². The first-order chi connectivity index (χ1) is 7.44. The van der Waals surface area contributed by atoms with Gasteiger partial charge in [0.2, 0.25) is 0 Å². The van der Waals surface area contributed by atoms with Crippen LogP contribution in [0.4, 0.5) is 18.9 Å². The molecule has 5 heteroatoms. The van der Waals surface area contributed by atoms with Gasteiger partial charge in [0.05, 0.1) is 0 Å². The molecule has 0 spiro atoms. The Morgan fingerprint density at radius 2 is 1.80 bits per heavy atom. The number of ether oxygens (including phenoxy) is 1. The maximum Gasteiger partial charge on any atom is 0.573 e. The fraction of sp³-hybridized carbons (Fsp3) is 0.400. The highest BCUT2D eigenvalue weighted by atomic mass is 19.4. The van der Waals surface area contributed by atoms with E-state index >= 15 is 0 Å². The molecule has 0 N–H and O–H groups in total. The molecule has 0 amide bonds. The number of benzene rings is 1. The van der Waals surface area contributed by atoms with Crippen LogP contribution < -0.4 is 9.64 Å². The highest BCUT2D eigenvalue weighted by molar-refractivity contribution is 5.50. The first kappa shape index (κ1) is 8.88. The maximum atomic E-state index is 11.9. The molecule has 1 aromatic carbocycles. The quantitative estimate of drug-likeness (QED) is 0.756. The van der Waals surface area contributed by atoms with Gasteiger partial charge in [-0.15, -0.1) is 13.2 Å². The molecule has 0 unspecified atom stereocenters. The summed E-state index contributed by atoms with van der Waals surface area (Å²) in [5.41, 5.74) is 0.818. The second-order valence-electron chi connectivity index (χ2n) is 3.24. The summed E-state index contributed by atoms with van der Waals surface area (Å²) in [5.74, 6) is -0.223. The van der Waals surface area contributed by atoms with Gasteiger partial charge in [0.15, 0.2) is 0 Å². The van der Waals surface area contributed by atoms with Crippen LogP contribution in [0.5, 0.6) is 5.75 Å². The lowest BCUT2D eigenvalue weighted by Gasteiger charge is -2.33. The van der Waals surface area contributed by atoms with Gasteiger partial charge >= 0.3 is 6.36 Å². The van der Waals surface area contributed by atoms with Crippen molar-refractivity contribution in [2.24, 2.45) is 0 Å². The molecule has 1 aliphatic rings. The number of hydrogen-bond acceptors (Lipinski definition) is 2. The number of anilines is 1. The number of rotatable bonds is 2. The van der Waals surface area contributed by atoms with Gasteiger partial charge in [-0.3, -0.25) is 0 Å². The van der Waals surface area contributed by atoms with Crippen LogP contribution in [0.1, 0.15) is 7.77 Å². The molecule has 1 saturated heterocycles. The van der Waals surface area contributed by atoms with Gasteiger partial charge in [-0.25, -0.2) is 0 Å². The minimum absolute atomic E-state index is 0.0916. The summed E-state index contributed by atoms with van der Waals surface area (Å²) in [6, 6.07) is 5.68. The van der Waals surface area contributed by atoms with E-state index in [1.807, 2.05) is 4.90 Å². The van der Waals surface area contributed by atoms with Crippen LogP contribution in [0.2, 0.25) is 0 Å². The Morgan fingerprint density at radius 3 is 2.27 bits per heavy atom. The van der Waals surface area contributed by atoms with Crippen LogP contribution >= 0.6 is 0 Å². The van der Waals surface area contributed by atoms with E-state index in [2.05, 4.69) is 4.74 Å². The number of halogens is 3. The predicted molar refractivity (Wildman–Crippen MR) is 50.0 cm³/mol. The lowest BCUT2D eigenvalue weighted by molar-refractivity contribution is -0.274. The van der Waals surface area contributed by atoms with Crippen molar-refractivity contribution in [3.63, 3.8) is 0 Å². The van der Waals surface area contributed by atoms with Crippen LogP contribution in [0.3, 0.4) is 0 Å². The van der Waals surface area contributed by atoms with Crippen molar-refractivity contribution in [1.29, 1.82) is 0 Å². The molecular weight excluding hydrogens is 207 g/mol. The lowest BCUT2D eigenvalue weighted by Crippen LogP contribution is -2.36. The van der Waals surface area contributed by atoms with Gasteiger partial charge in [-0.2, -0.15) is 0 Å². The average Bonchev–Trinajstić information content (AvgIpc) is 2.12. The van der Waals surface area contributed by atoms with Gasteiger partial charge in [-0.05, 0) is 30.7 Å². The Morgan fingerprint density at radius 1 is 1.20 bits per heavy atom. The van der Waals surface area contributed by atoms with Gasteiger partial charge in [0.25, 0.3) is 0 Å². The molecule has 1 aliphatic heterocycles. The van der Waals surface area contributed by atoms with Gasteiger partial charge in [0.1, 0.15) is 5.75 Å². The SMILES string of the molecule is [2H]C1CN(c2ccc(OC(F)(F)F)cc2)C1. The zero-order valence-electron chi connectivity index (χ0n) is 8.79. The van der Waals surface area contributed by atoms with Crippen molar-refractivity contribution in [3.05, 3.63) is 24.3 Å². The third-order valence-electron chi connectivity index (χ3n) is 2.13. The fourth-order valence-corrected chi connectivity index (χ4v) is 1.33. The molecule has 82 valence electrons. The third kappa shape index (κ3) is 2.55. The maximum absolute atomic E-state index is 11.9. The molecule has 2 rings (SSSR count). The van der Waals surface area contributed by atoms with Crippen molar-refractivity contribution in [2.45, 2.75) is 12.8 Å². The van der Waals surface area contributed by atoms with Crippen LogP contribution in [-0.4, -0.2) is 19.5 Å². The molecule has 0 saturated carbocycles. The second kappa shape index (κ2) is 3.64. The summed E-state index contributed by atoms with van der Waals surface area (Å²) in [6.07, 6.45) is -4.74. The molecule has 0 aromatic heterocycles. The van der Waals surface area contributed by atoms with Crippen LogP contribution in [-0.2, 0) is 0 Å². The number of alkyl halides is 3. The molecule has 1 heterocycles. The highest BCUT2D eigenvalue weighted by Crippen LogP contribution is 2.26. The monoisotopic (exact) mass is 218 g/mol. The first-order valence-corrected chi connectivity index (χ1v) is 4.47. The standard InChI is InChI=1S/C10H10F3NO/c11-10(12,13)15-9-4-2-8(3-5-9)14-6-1-7-14/h2-5H,1,6-7H2/i1D. The summed E-state index contributed by atoms with van der Waals surface area (Å²) >= 11 is 0. The summed E-state index contributed by atoms with van der Waals surface area (Å²) in [6.45, 7) is 1.25. The van der Waals surface area contributed by atoms with E-state index in [0.717, 1.165) is 5.69 Å². The van der Waals surface area contributed by atoms with E-state index < -0.39 is 6.36 Å². The Bertz CT molecular complexity index is 359. The Balaban J connectivity index is 2.00. The number of nitrogens with zero attached hydrogens (tertiary/aromatic N) is 1. The molecule has 15 heavy (non-hydrogen) atoms. The lowest BCUT2D eigenvalue weighted by atomic mass is 10.2. The van der Waals surface area contributed by atoms with Gasteiger partial charge in [-0.1, -0.05) is 0 Å². The predicted octanol–water partition coefficient (Wildman–Crippen LogP) is 2.80. The van der Waals surface area contributed by atoms with E-state index in [-0.39, 0.29) is 12.1 Å². The molecule has 1 fully saturated rings. The molecular formula is C10H10F3NO. The summed E-state index contributed by atoms with van der Waals surface area (Å²) in [7, 11) is 0. The average molecular weight is 218 g/mol. The van der Waals surface area contributed by atoms with Crippen molar-refractivity contribution in [1.82, 2.24) is 0 Å². The third-order valence-corrected chi connectivity index (χ3v) is 2.13. The highest BCUT2D eigenvalue weighted by Gasteiger charge is 2.31. The normalized spacial score (nSPS) is 18.3. The van der Waals surface area contributed by atoms with Crippen molar-refractivity contribution >= 4 is 5.69 Å². The van der Waals surface area contributed by atoms with Crippen LogP contribution in [0.25, 0.3) is 0 Å². The fourth-order valence-electron chi connectivity index (χ4n) is 1.33. The zero-order chi connectivity index (χ0) is 11.8. The Kier molecular flexibility index (Phi) is 2.16. The molecule has 0 radical (unpaired) electrons. The number of hydrogen-bond donors (Lipinski definition) is 0. The summed E-state index contributed by atoms with van der Waals surface area (Å²) in [5, 5.41) is 0. The Labute approximate surface area is 86.7 Å². The largest absolute Gasteiger partial charge is 0.573 e. The Hall–Kier alpha value is -1.39. The van der Waals surface area contributed by atoms with E-state index in [1.54, 1.807) is 12.1 Å². The van der Waals surface area contributed by atoms with Crippen LogP contribution in [0, 0.1) is 0 Å². The van der Waals surface area contributed by atoms with Crippen LogP contribution in [0.15, 0.2) is 24.3 Å². The molecule has 2 nitrogen and oxygen atoms in total. The molecule has 0 aliphatic carbocycles. The summed E-state index contributed by atoms with van der Waals surface area (Å²) in [4.78, 5) is 1.93. The topological polar surface area (TPSA) is 12.5 Å².